The molecule has 1 aliphatic heterocycles. The van der Waals surface area contributed by atoms with Gasteiger partial charge in [0.25, 0.3) is 0 Å². The summed E-state index contributed by atoms with van der Waals surface area (Å²) in [7, 11) is -3.04. The fraction of sp³-hybridized carbons (Fsp3) is 0.571. The topological polar surface area (TPSA) is 46.2 Å². The molecule has 1 saturated carbocycles. The number of benzene rings is 1. The lowest BCUT2D eigenvalue weighted by atomic mass is 10.0. The zero-order valence-electron chi connectivity index (χ0n) is 10.4. The van der Waals surface area contributed by atoms with Crippen molar-refractivity contribution in [1.82, 2.24) is 5.32 Å². The summed E-state index contributed by atoms with van der Waals surface area (Å²) in [5.74, 6) is 1.19. The summed E-state index contributed by atoms with van der Waals surface area (Å²) in [6.07, 6.45) is 4.67. The van der Waals surface area contributed by atoms with Crippen LogP contribution in [0.2, 0.25) is 0 Å². The maximum Gasteiger partial charge on any atom is 0.178 e. The molecule has 1 fully saturated rings. The van der Waals surface area contributed by atoms with E-state index < -0.39 is 9.84 Å². The molecule has 4 heteroatoms. The van der Waals surface area contributed by atoms with Crippen molar-refractivity contribution >= 4 is 9.84 Å². The Bertz CT molecular complexity index is 534. The van der Waals surface area contributed by atoms with Crippen LogP contribution in [-0.2, 0) is 9.84 Å². The predicted molar refractivity (Wildman–Crippen MR) is 71.2 cm³/mol. The van der Waals surface area contributed by atoms with Crippen LogP contribution in [0.4, 0.5) is 0 Å². The minimum atomic E-state index is -3.04. The fourth-order valence-electron chi connectivity index (χ4n) is 2.67. The molecular weight excluding hydrogens is 246 g/mol. The summed E-state index contributed by atoms with van der Waals surface area (Å²) in [6.45, 7) is 1.00. The molecule has 0 aromatic heterocycles. The molecule has 18 heavy (non-hydrogen) atoms. The monoisotopic (exact) mass is 265 g/mol. The second-order valence-corrected chi connectivity index (χ2v) is 7.46. The van der Waals surface area contributed by atoms with E-state index in [1.54, 1.807) is 6.07 Å². The van der Waals surface area contributed by atoms with Crippen molar-refractivity contribution in [2.75, 3.05) is 12.3 Å². The van der Waals surface area contributed by atoms with Crippen LogP contribution in [0.5, 0.6) is 0 Å². The Morgan fingerprint density at radius 2 is 1.94 bits per heavy atom. The van der Waals surface area contributed by atoms with Gasteiger partial charge in [0, 0.05) is 6.04 Å². The Balaban J connectivity index is 1.76. The number of hydrogen-bond acceptors (Lipinski definition) is 3. The smallest absolute Gasteiger partial charge is 0.178 e. The normalized spacial score (nSPS) is 25.7. The van der Waals surface area contributed by atoms with E-state index in [0.29, 0.717) is 11.3 Å². The van der Waals surface area contributed by atoms with Crippen molar-refractivity contribution in [2.24, 2.45) is 5.92 Å². The van der Waals surface area contributed by atoms with Gasteiger partial charge < -0.3 is 5.32 Å². The maximum absolute atomic E-state index is 12.0. The van der Waals surface area contributed by atoms with Crippen molar-refractivity contribution in [3.05, 3.63) is 29.8 Å². The second-order valence-electron chi connectivity index (χ2n) is 5.38. The SMILES string of the molecule is O=S1(=O)CCC(NCCC2CC2)c2ccccc21. The van der Waals surface area contributed by atoms with E-state index in [4.69, 9.17) is 0 Å². The van der Waals surface area contributed by atoms with Crippen LogP contribution < -0.4 is 5.32 Å². The van der Waals surface area contributed by atoms with E-state index in [-0.39, 0.29) is 11.8 Å². The van der Waals surface area contributed by atoms with Crippen LogP contribution >= 0.6 is 0 Å². The molecule has 2 aliphatic rings. The summed E-state index contributed by atoms with van der Waals surface area (Å²) in [5.41, 5.74) is 0.958. The van der Waals surface area contributed by atoms with E-state index in [0.717, 1.165) is 18.0 Å². The summed E-state index contributed by atoms with van der Waals surface area (Å²) in [6, 6.07) is 7.63. The molecule has 0 saturated heterocycles. The number of fused-ring (bicyclic) bond motifs is 1. The molecule has 1 aliphatic carbocycles. The molecule has 98 valence electrons. The molecule has 3 rings (SSSR count). The van der Waals surface area contributed by atoms with Crippen LogP contribution in [0, 0.1) is 5.92 Å². The molecule has 1 aromatic carbocycles. The van der Waals surface area contributed by atoms with Gasteiger partial charge in [-0.2, -0.15) is 0 Å². The van der Waals surface area contributed by atoms with Gasteiger partial charge in [-0.05, 0) is 36.9 Å². The lowest BCUT2D eigenvalue weighted by Gasteiger charge is -2.26. The van der Waals surface area contributed by atoms with Gasteiger partial charge in [0.15, 0.2) is 9.84 Å². The molecule has 1 N–H and O–H groups in total. The van der Waals surface area contributed by atoms with Gasteiger partial charge in [0.2, 0.25) is 0 Å². The molecular formula is C14H19NO2S. The molecule has 0 spiro atoms. The number of hydrogen-bond donors (Lipinski definition) is 1. The quantitative estimate of drug-likeness (QED) is 0.908. The van der Waals surface area contributed by atoms with Gasteiger partial charge in [-0.3, -0.25) is 0 Å². The Labute approximate surface area is 109 Å². The van der Waals surface area contributed by atoms with Gasteiger partial charge in [-0.1, -0.05) is 31.0 Å². The van der Waals surface area contributed by atoms with Gasteiger partial charge in [-0.15, -0.1) is 0 Å². The molecule has 0 radical (unpaired) electrons. The third-order valence-corrected chi connectivity index (χ3v) is 5.76. The lowest BCUT2D eigenvalue weighted by Crippen LogP contribution is -2.30. The molecule has 0 bridgehead atoms. The number of sulfone groups is 1. The van der Waals surface area contributed by atoms with Crippen LogP contribution in [0.1, 0.15) is 37.3 Å². The van der Waals surface area contributed by atoms with Gasteiger partial charge >= 0.3 is 0 Å². The van der Waals surface area contributed by atoms with Crippen LogP contribution in [0.3, 0.4) is 0 Å². The average Bonchev–Trinajstić information content (AvgIpc) is 3.17. The zero-order valence-corrected chi connectivity index (χ0v) is 11.2. The lowest BCUT2D eigenvalue weighted by molar-refractivity contribution is 0.477. The molecule has 1 aromatic rings. The molecule has 1 heterocycles. The molecule has 3 nitrogen and oxygen atoms in total. The standard InChI is InChI=1S/C14H19NO2S/c16-18(17)10-8-13(15-9-7-11-5-6-11)12-3-1-2-4-14(12)18/h1-4,11,13,15H,5-10H2. The van der Waals surface area contributed by atoms with Crippen LogP contribution in [0.25, 0.3) is 0 Å². The van der Waals surface area contributed by atoms with E-state index in [2.05, 4.69) is 5.32 Å². The van der Waals surface area contributed by atoms with Crippen molar-refractivity contribution in [3.8, 4) is 0 Å². The highest BCUT2D eigenvalue weighted by atomic mass is 32.2. The average molecular weight is 265 g/mol. The Morgan fingerprint density at radius 3 is 2.72 bits per heavy atom. The van der Waals surface area contributed by atoms with E-state index in [1.807, 2.05) is 18.2 Å². The highest BCUT2D eigenvalue weighted by Crippen LogP contribution is 2.34. The summed E-state index contributed by atoms with van der Waals surface area (Å²) in [4.78, 5) is 0.528. The molecule has 1 atom stereocenters. The highest BCUT2D eigenvalue weighted by Gasteiger charge is 2.30. The first-order valence-corrected chi connectivity index (χ1v) is 8.37. The Kier molecular flexibility index (Phi) is 3.16. The maximum atomic E-state index is 12.0. The van der Waals surface area contributed by atoms with Gasteiger partial charge in [-0.25, -0.2) is 8.42 Å². The molecule has 0 amide bonds. The minimum absolute atomic E-state index is 0.212. The second kappa shape index (κ2) is 4.67. The van der Waals surface area contributed by atoms with E-state index in [9.17, 15) is 8.42 Å². The highest BCUT2D eigenvalue weighted by molar-refractivity contribution is 7.91. The van der Waals surface area contributed by atoms with Crippen molar-refractivity contribution in [1.29, 1.82) is 0 Å². The predicted octanol–water partition coefficient (Wildman–Crippen LogP) is 2.29. The van der Waals surface area contributed by atoms with Crippen molar-refractivity contribution < 1.29 is 8.42 Å². The van der Waals surface area contributed by atoms with Crippen molar-refractivity contribution in [3.63, 3.8) is 0 Å². The summed E-state index contributed by atoms with van der Waals surface area (Å²) in [5, 5.41) is 3.52. The number of nitrogens with one attached hydrogen (secondary N) is 1. The van der Waals surface area contributed by atoms with Gasteiger partial charge in [0.1, 0.15) is 0 Å². The first-order valence-electron chi connectivity index (χ1n) is 6.72. The largest absolute Gasteiger partial charge is 0.310 e. The Morgan fingerprint density at radius 1 is 1.17 bits per heavy atom. The number of rotatable bonds is 4. The fourth-order valence-corrected chi connectivity index (χ4v) is 4.29. The van der Waals surface area contributed by atoms with E-state index >= 15 is 0 Å². The third kappa shape index (κ3) is 2.45. The third-order valence-electron chi connectivity index (χ3n) is 3.94. The summed E-state index contributed by atoms with van der Waals surface area (Å²) < 4.78 is 24.0. The van der Waals surface area contributed by atoms with E-state index in [1.165, 1.54) is 19.3 Å². The molecule has 1 unspecified atom stereocenters. The van der Waals surface area contributed by atoms with Crippen LogP contribution in [-0.4, -0.2) is 20.7 Å². The first kappa shape index (κ1) is 12.2. The first-order chi connectivity index (χ1) is 8.67. The Hall–Kier alpha value is -0.870. The zero-order chi connectivity index (χ0) is 12.6. The van der Waals surface area contributed by atoms with Gasteiger partial charge in [0.05, 0.1) is 10.6 Å². The minimum Gasteiger partial charge on any atom is -0.310 e. The van der Waals surface area contributed by atoms with Crippen LogP contribution in [0.15, 0.2) is 29.2 Å². The van der Waals surface area contributed by atoms with Crippen molar-refractivity contribution in [2.45, 2.75) is 36.6 Å². The summed E-state index contributed by atoms with van der Waals surface area (Å²) >= 11 is 0.